The van der Waals surface area contributed by atoms with E-state index in [1.807, 2.05) is 6.07 Å². The van der Waals surface area contributed by atoms with E-state index in [1.165, 1.54) is 30.3 Å². The van der Waals surface area contributed by atoms with Gasteiger partial charge in [0.05, 0.1) is 27.7 Å². The van der Waals surface area contributed by atoms with E-state index in [2.05, 4.69) is 10.0 Å². The van der Waals surface area contributed by atoms with Crippen LogP contribution in [-0.4, -0.2) is 49.5 Å². The first kappa shape index (κ1) is 23.3. The summed E-state index contributed by atoms with van der Waals surface area (Å²) in [6.45, 7) is 0.130. The smallest absolute Gasteiger partial charge is 0.262 e. The maximum absolute atomic E-state index is 12.9. The van der Waals surface area contributed by atoms with Crippen LogP contribution in [0.5, 0.6) is 0 Å². The quantitative estimate of drug-likeness (QED) is 0.440. The molecular formula is C23H20N4O6S. The molecule has 4 rings (SSSR count). The third-order valence-corrected chi connectivity index (χ3v) is 7.17. The van der Waals surface area contributed by atoms with Crippen LogP contribution in [0.2, 0.25) is 0 Å². The third-order valence-electron chi connectivity index (χ3n) is 5.71. The average molecular weight is 481 g/mol. The molecule has 0 saturated carbocycles. The highest BCUT2D eigenvalue weighted by Crippen LogP contribution is 2.28. The topological polar surface area (TPSA) is 154 Å². The number of carbonyl (C=O) groups excluding carboxylic acids is 4. The zero-order valence-corrected chi connectivity index (χ0v) is 18.7. The zero-order valence-electron chi connectivity index (χ0n) is 17.9. The van der Waals surface area contributed by atoms with Crippen LogP contribution >= 0.6 is 0 Å². The minimum absolute atomic E-state index is 0.00160. The molecule has 1 fully saturated rings. The van der Waals surface area contributed by atoms with Gasteiger partial charge in [-0.3, -0.25) is 29.4 Å². The largest absolute Gasteiger partial charge is 0.295 e. The summed E-state index contributed by atoms with van der Waals surface area (Å²) < 4.78 is 27.3. The van der Waals surface area contributed by atoms with E-state index in [9.17, 15) is 27.6 Å². The second-order valence-corrected chi connectivity index (χ2v) is 9.74. The van der Waals surface area contributed by atoms with Gasteiger partial charge in [0.15, 0.2) is 0 Å². The van der Waals surface area contributed by atoms with Gasteiger partial charge in [0.25, 0.3) is 11.8 Å². The van der Waals surface area contributed by atoms with Crippen molar-refractivity contribution >= 4 is 33.7 Å². The second-order valence-electron chi connectivity index (χ2n) is 7.97. The number of hydrogen-bond donors (Lipinski definition) is 2. The number of carbonyl (C=O) groups is 4. The number of sulfonamides is 1. The Kier molecular flexibility index (Phi) is 6.28. The van der Waals surface area contributed by atoms with Crippen molar-refractivity contribution in [2.45, 2.75) is 36.6 Å². The van der Waals surface area contributed by atoms with Gasteiger partial charge in [-0.2, -0.15) is 5.26 Å². The Morgan fingerprint density at radius 1 is 1.06 bits per heavy atom. The number of amides is 4. The van der Waals surface area contributed by atoms with Crippen molar-refractivity contribution in [1.29, 1.82) is 5.26 Å². The first-order valence-corrected chi connectivity index (χ1v) is 12.0. The van der Waals surface area contributed by atoms with E-state index in [4.69, 9.17) is 5.26 Å². The van der Waals surface area contributed by atoms with E-state index in [0.29, 0.717) is 12.8 Å². The lowest BCUT2D eigenvalue weighted by Crippen LogP contribution is -2.54. The van der Waals surface area contributed by atoms with E-state index in [1.54, 1.807) is 12.1 Å². The van der Waals surface area contributed by atoms with Crippen LogP contribution in [0.3, 0.4) is 0 Å². The van der Waals surface area contributed by atoms with E-state index in [0.717, 1.165) is 10.5 Å². The Hall–Kier alpha value is -3.88. The molecule has 0 spiro atoms. The summed E-state index contributed by atoms with van der Waals surface area (Å²) in [5, 5.41) is 11.1. The van der Waals surface area contributed by atoms with Crippen molar-refractivity contribution in [3.8, 4) is 6.07 Å². The predicted molar refractivity (Wildman–Crippen MR) is 118 cm³/mol. The van der Waals surface area contributed by atoms with Gasteiger partial charge in [-0.05, 0) is 55.2 Å². The molecule has 4 amide bonds. The lowest BCUT2D eigenvalue weighted by molar-refractivity contribution is -0.136. The number of benzene rings is 2. The van der Waals surface area contributed by atoms with Crippen LogP contribution in [0.15, 0.2) is 47.4 Å². The first-order valence-electron chi connectivity index (χ1n) is 10.6. The molecule has 11 heteroatoms. The standard InChI is InChI=1S/C23H20N4O6S/c24-13-15-3-1-5-16(11-15)34(32,33)25-10-2-4-14-6-7-17-18(12-14)23(31)27(22(17)30)19-8-9-20(28)26-21(19)29/h1,3,5-7,11-12,19,25H,2,4,8-10H2,(H,26,28,29). The van der Waals surface area contributed by atoms with Gasteiger partial charge in [0.2, 0.25) is 21.8 Å². The van der Waals surface area contributed by atoms with Crippen molar-refractivity contribution < 1.29 is 27.6 Å². The number of nitrogens with zero attached hydrogens (tertiary/aromatic N) is 2. The molecule has 10 nitrogen and oxygen atoms in total. The summed E-state index contributed by atoms with van der Waals surface area (Å²) in [5.74, 6) is -2.27. The fraction of sp³-hybridized carbons (Fsp3) is 0.261. The predicted octanol–water partition coefficient (Wildman–Crippen LogP) is 0.871. The summed E-state index contributed by atoms with van der Waals surface area (Å²) in [4.78, 5) is 50.1. The maximum atomic E-state index is 12.9. The van der Waals surface area contributed by atoms with Gasteiger partial charge in [-0.25, -0.2) is 13.1 Å². The Labute approximate surface area is 195 Å². The zero-order chi connectivity index (χ0) is 24.5. The van der Waals surface area contributed by atoms with Gasteiger partial charge in [0.1, 0.15) is 6.04 Å². The minimum atomic E-state index is -3.77. The SMILES string of the molecule is N#Cc1cccc(S(=O)(=O)NCCCc2ccc3c(c2)C(=O)N(C2CCC(=O)NC2=O)C3=O)c1. The summed E-state index contributed by atoms with van der Waals surface area (Å²) in [6, 6.07) is 11.4. The molecule has 1 unspecified atom stereocenters. The highest BCUT2D eigenvalue weighted by Gasteiger charge is 2.44. The van der Waals surface area contributed by atoms with E-state index in [-0.39, 0.29) is 41.0 Å². The van der Waals surface area contributed by atoms with Crippen LogP contribution in [0.4, 0.5) is 0 Å². The molecule has 2 aliphatic heterocycles. The van der Waals surface area contributed by atoms with Gasteiger partial charge in [-0.1, -0.05) is 12.1 Å². The molecule has 174 valence electrons. The average Bonchev–Trinajstić information content (AvgIpc) is 3.06. The number of imide groups is 2. The summed E-state index contributed by atoms with van der Waals surface area (Å²) >= 11 is 0. The number of piperidine rings is 1. The van der Waals surface area contributed by atoms with Crippen molar-refractivity contribution in [3.05, 3.63) is 64.7 Å². The lowest BCUT2D eigenvalue weighted by Gasteiger charge is -2.27. The second kappa shape index (κ2) is 9.17. The fourth-order valence-corrected chi connectivity index (χ4v) is 5.11. The normalized spacial score (nSPS) is 18.0. The van der Waals surface area contributed by atoms with Crippen LogP contribution < -0.4 is 10.0 Å². The monoisotopic (exact) mass is 480 g/mol. The number of nitrogens with one attached hydrogen (secondary N) is 2. The molecule has 1 atom stereocenters. The molecule has 2 aromatic rings. The lowest BCUT2D eigenvalue weighted by atomic mass is 10.0. The fourth-order valence-electron chi connectivity index (χ4n) is 3.99. The molecule has 0 bridgehead atoms. The number of fused-ring (bicyclic) bond motifs is 1. The summed E-state index contributed by atoms with van der Waals surface area (Å²) in [5.41, 5.74) is 1.35. The minimum Gasteiger partial charge on any atom is -0.295 e. The molecule has 2 N–H and O–H groups in total. The van der Waals surface area contributed by atoms with Gasteiger partial charge >= 0.3 is 0 Å². The van der Waals surface area contributed by atoms with Crippen molar-refractivity contribution in [3.63, 3.8) is 0 Å². The molecule has 2 aliphatic rings. The molecule has 1 saturated heterocycles. The summed E-state index contributed by atoms with van der Waals surface area (Å²) in [6.07, 6.45) is 0.995. The Morgan fingerprint density at radius 2 is 1.82 bits per heavy atom. The van der Waals surface area contributed by atoms with E-state index >= 15 is 0 Å². The van der Waals surface area contributed by atoms with Crippen LogP contribution in [0.25, 0.3) is 0 Å². The first-order chi connectivity index (χ1) is 16.2. The highest BCUT2D eigenvalue weighted by atomic mass is 32.2. The Bertz CT molecular complexity index is 1360. The number of rotatable bonds is 7. The third kappa shape index (κ3) is 4.46. The van der Waals surface area contributed by atoms with Crippen molar-refractivity contribution in [2.75, 3.05) is 6.54 Å². The highest BCUT2D eigenvalue weighted by molar-refractivity contribution is 7.89. The van der Waals surface area contributed by atoms with E-state index < -0.39 is 39.7 Å². The van der Waals surface area contributed by atoms with Crippen LogP contribution in [0, 0.1) is 11.3 Å². The molecule has 2 heterocycles. The van der Waals surface area contributed by atoms with Gasteiger partial charge in [0, 0.05) is 13.0 Å². The molecule has 0 aliphatic carbocycles. The van der Waals surface area contributed by atoms with Crippen molar-refractivity contribution in [2.24, 2.45) is 0 Å². The van der Waals surface area contributed by atoms with Crippen molar-refractivity contribution in [1.82, 2.24) is 14.9 Å². The van der Waals surface area contributed by atoms with Crippen LogP contribution in [0.1, 0.15) is 51.1 Å². The molecule has 34 heavy (non-hydrogen) atoms. The van der Waals surface area contributed by atoms with Gasteiger partial charge in [-0.15, -0.1) is 0 Å². The van der Waals surface area contributed by atoms with Gasteiger partial charge < -0.3 is 0 Å². The number of nitriles is 1. The summed E-state index contributed by atoms with van der Waals surface area (Å²) in [7, 11) is -3.77. The maximum Gasteiger partial charge on any atom is 0.262 e. The molecule has 0 radical (unpaired) electrons. The molecular weight excluding hydrogens is 460 g/mol. The number of hydrogen-bond acceptors (Lipinski definition) is 7. The Morgan fingerprint density at radius 3 is 2.56 bits per heavy atom. The Balaban J connectivity index is 1.39. The molecule has 2 aromatic carbocycles. The van der Waals surface area contributed by atoms with Crippen LogP contribution in [-0.2, 0) is 26.0 Å². The molecule has 0 aromatic heterocycles. The number of aryl methyl sites for hydroxylation is 1.